The molecule has 6 heteroatoms. The second kappa shape index (κ2) is 8.69. The van der Waals surface area contributed by atoms with Gasteiger partial charge < -0.3 is 14.6 Å². The van der Waals surface area contributed by atoms with E-state index in [-0.39, 0.29) is 17.2 Å². The highest BCUT2D eigenvalue weighted by molar-refractivity contribution is 6.14. The Kier molecular flexibility index (Phi) is 6.09. The first-order valence-electron chi connectivity index (χ1n) is 9.42. The van der Waals surface area contributed by atoms with Gasteiger partial charge in [0.2, 0.25) is 5.76 Å². The third-order valence-electron chi connectivity index (χ3n) is 4.39. The van der Waals surface area contributed by atoms with Crippen molar-refractivity contribution >= 4 is 28.5 Å². The van der Waals surface area contributed by atoms with Crippen LogP contribution in [-0.2, 0) is 0 Å². The number of fused-ring (bicyclic) bond motifs is 1. The average Bonchev–Trinajstić information content (AvgIpc) is 3.06. The van der Waals surface area contributed by atoms with Crippen LogP contribution < -0.4 is 5.32 Å². The molecule has 1 N–H and O–H groups in total. The molecule has 0 aliphatic carbocycles. The van der Waals surface area contributed by atoms with Crippen LogP contribution in [0.15, 0.2) is 52.9 Å². The molecule has 0 aliphatic rings. The maximum absolute atomic E-state index is 13.5. The first-order valence-corrected chi connectivity index (χ1v) is 9.42. The van der Waals surface area contributed by atoms with Gasteiger partial charge in [0.15, 0.2) is 0 Å². The molecule has 1 heterocycles. The predicted molar refractivity (Wildman–Crippen MR) is 107 cm³/mol. The van der Waals surface area contributed by atoms with E-state index in [1.807, 2.05) is 13.8 Å². The van der Waals surface area contributed by atoms with E-state index in [1.165, 1.54) is 18.2 Å². The Hall–Kier alpha value is -3.15. The molecular formula is C22H23FN2O3. The first-order chi connectivity index (χ1) is 13.5. The predicted octanol–water partition coefficient (Wildman–Crippen LogP) is 5.09. The maximum atomic E-state index is 13.5. The number of furan rings is 1. The van der Waals surface area contributed by atoms with Gasteiger partial charge >= 0.3 is 0 Å². The van der Waals surface area contributed by atoms with Crippen molar-refractivity contribution in [1.29, 1.82) is 0 Å². The van der Waals surface area contributed by atoms with Gasteiger partial charge in [0.05, 0.1) is 0 Å². The van der Waals surface area contributed by atoms with Gasteiger partial charge in [-0.05, 0) is 43.2 Å². The lowest BCUT2D eigenvalue weighted by Crippen LogP contribution is -2.32. The van der Waals surface area contributed by atoms with Gasteiger partial charge in [-0.25, -0.2) is 4.39 Å². The van der Waals surface area contributed by atoms with Crippen LogP contribution in [0.3, 0.4) is 0 Å². The van der Waals surface area contributed by atoms with Gasteiger partial charge in [0.1, 0.15) is 17.1 Å². The summed E-state index contributed by atoms with van der Waals surface area (Å²) in [7, 11) is 0. The molecule has 3 aromatic rings. The molecule has 28 heavy (non-hydrogen) atoms. The van der Waals surface area contributed by atoms with Gasteiger partial charge in [-0.1, -0.05) is 32.0 Å². The summed E-state index contributed by atoms with van der Waals surface area (Å²) in [5, 5.41) is 3.38. The third-order valence-corrected chi connectivity index (χ3v) is 4.39. The molecule has 0 atom stereocenters. The summed E-state index contributed by atoms with van der Waals surface area (Å²) in [6.07, 6.45) is 1.63. The topological polar surface area (TPSA) is 62.6 Å². The zero-order valence-electron chi connectivity index (χ0n) is 16.0. The van der Waals surface area contributed by atoms with Gasteiger partial charge in [0, 0.05) is 24.0 Å². The SMILES string of the molecule is CCCN(CCC)C(=O)c1oc2ccccc2c1NC(=O)c1cccc(F)c1. The second-order valence-electron chi connectivity index (χ2n) is 6.56. The number of hydrogen-bond donors (Lipinski definition) is 1. The molecule has 0 saturated heterocycles. The number of nitrogens with one attached hydrogen (secondary N) is 1. The molecule has 0 unspecified atom stereocenters. The van der Waals surface area contributed by atoms with Crippen LogP contribution in [-0.4, -0.2) is 29.8 Å². The van der Waals surface area contributed by atoms with Crippen molar-refractivity contribution in [2.75, 3.05) is 18.4 Å². The number of benzene rings is 2. The molecule has 0 aliphatic heterocycles. The Bertz CT molecular complexity index is 990. The van der Waals surface area contributed by atoms with Gasteiger partial charge in [0.25, 0.3) is 11.8 Å². The molecule has 2 aromatic carbocycles. The molecule has 0 spiro atoms. The number of nitrogens with zero attached hydrogens (tertiary/aromatic N) is 1. The molecule has 0 bridgehead atoms. The molecule has 2 amide bonds. The quantitative estimate of drug-likeness (QED) is 0.619. The number of carbonyl (C=O) groups excluding carboxylic acids is 2. The fourth-order valence-corrected chi connectivity index (χ4v) is 3.13. The minimum atomic E-state index is -0.502. The minimum absolute atomic E-state index is 0.0906. The Morgan fingerprint density at radius 3 is 2.43 bits per heavy atom. The Balaban J connectivity index is 2.01. The summed E-state index contributed by atoms with van der Waals surface area (Å²) in [4.78, 5) is 27.5. The zero-order valence-corrected chi connectivity index (χ0v) is 16.0. The smallest absolute Gasteiger partial charge is 0.291 e. The minimum Gasteiger partial charge on any atom is -0.449 e. The van der Waals surface area contributed by atoms with Crippen LogP contribution >= 0.6 is 0 Å². The average molecular weight is 382 g/mol. The summed E-state index contributed by atoms with van der Waals surface area (Å²) in [5.74, 6) is -1.18. The van der Waals surface area contributed by atoms with E-state index in [2.05, 4.69) is 5.32 Å². The number of amides is 2. The van der Waals surface area contributed by atoms with Crippen molar-refractivity contribution in [3.8, 4) is 0 Å². The highest BCUT2D eigenvalue weighted by atomic mass is 19.1. The third kappa shape index (κ3) is 4.06. The van der Waals surface area contributed by atoms with E-state index in [0.29, 0.717) is 29.7 Å². The number of hydrogen-bond acceptors (Lipinski definition) is 3. The molecule has 146 valence electrons. The van der Waals surface area contributed by atoms with Crippen LogP contribution in [0.4, 0.5) is 10.1 Å². The molecule has 3 rings (SSSR count). The Labute approximate surface area is 163 Å². The normalized spacial score (nSPS) is 10.8. The first kappa shape index (κ1) is 19.6. The molecule has 1 aromatic heterocycles. The molecular weight excluding hydrogens is 359 g/mol. The summed E-state index contributed by atoms with van der Waals surface area (Å²) in [6.45, 7) is 5.20. The van der Waals surface area contributed by atoms with E-state index in [4.69, 9.17) is 4.42 Å². The van der Waals surface area contributed by atoms with E-state index in [1.54, 1.807) is 29.2 Å². The van der Waals surface area contributed by atoms with Crippen LogP contribution in [0.5, 0.6) is 0 Å². The van der Waals surface area contributed by atoms with Crippen LogP contribution in [0.1, 0.15) is 47.6 Å². The monoisotopic (exact) mass is 382 g/mol. The van der Waals surface area contributed by atoms with E-state index in [0.717, 1.165) is 18.9 Å². The van der Waals surface area contributed by atoms with Crippen molar-refractivity contribution in [2.45, 2.75) is 26.7 Å². The number of halogens is 1. The lowest BCUT2D eigenvalue weighted by atomic mass is 10.1. The van der Waals surface area contributed by atoms with Crippen molar-refractivity contribution in [2.24, 2.45) is 0 Å². The van der Waals surface area contributed by atoms with E-state index >= 15 is 0 Å². The number of rotatable bonds is 7. The van der Waals surface area contributed by atoms with Crippen LogP contribution in [0.25, 0.3) is 11.0 Å². The lowest BCUT2D eigenvalue weighted by molar-refractivity contribution is 0.0727. The number of carbonyl (C=O) groups is 2. The van der Waals surface area contributed by atoms with Crippen LogP contribution in [0.2, 0.25) is 0 Å². The van der Waals surface area contributed by atoms with Gasteiger partial charge in [-0.3, -0.25) is 9.59 Å². The molecule has 0 saturated carbocycles. The fraction of sp³-hybridized carbons (Fsp3) is 0.273. The maximum Gasteiger partial charge on any atom is 0.291 e. The highest BCUT2D eigenvalue weighted by Gasteiger charge is 2.26. The van der Waals surface area contributed by atoms with E-state index < -0.39 is 11.7 Å². The summed E-state index contributed by atoms with van der Waals surface area (Å²) < 4.78 is 19.3. The fourth-order valence-electron chi connectivity index (χ4n) is 3.13. The summed E-state index contributed by atoms with van der Waals surface area (Å²) in [6, 6.07) is 12.5. The molecule has 5 nitrogen and oxygen atoms in total. The second-order valence-corrected chi connectivity index (χ2v) is 6.56. The van der Waals surface area contributed by atoms with Crippen LogP contribution in [0, 0.1) is 5.82 Å². The van der Waals surface area contributed by atoms with E-state index in [9.17, 15) is 14.0 Å². The Morgan fingerprint density at radius 1 is 1.04 bits per heavy atom. The molecule has 0 radical (unpaired) electrons. The largest absolute Gasteiger partial charge is 0.449 e. The van der Waals surface area contributed by atoms with Crippen molar-refractivity contribution in [1.82, 2.24) is 4.90 Å². The number of para-hydroxylation sites is 1. The highest BCUT2D eigenvalue weighted by Crippen LogP contribution is 2.32. The zero-order chi connectivity index (χ0) is 20.1. The Morgan fingerprint density at radius 2 is 1.75 bits per heavy atom. The van der Waals surface area contributed by atoms with Gasteiger partial charge in [-0.15, -0.1) is 0 Å². The summed E-state index contributed by atoms with van der Waals surface area (Å²) >= 11 is 0. The van der Waals surface area contributed by atoms with Crippen molar-refractivity contribution in [3.05, 3.63) is 65.7 Å². The van der Waals surface area contributed by atoms with Crippen molar-refractivity contribution < 1.29 is 18.4 Å². The van der Waals surface area contributed by atoms with Crippen molar-refractivity contribution in [3.63, 3.8) is 0 Å². The standard InChI is InChI=1S/C22H23FN2O3/c1-3-12-25(13-4-2)22(27)20-19(17-10-5-6-11-18(17)28-20)24-21(26)15-8-7-9-16(23)14-15/h5-11,14H,3-4,12-13H2,1-2H3,(H,24,26). The number of anilines is 1. The lowest BCUT2D eigenvalue weighted by Gasteiger charge is -2.20. The summed E-state index contributed by atoms with van der Waals surface area (Å²) in [5.41, 5.74) is 0.989. The molecule has 0 fully saturated rings. The van der Waals surface area contributed by atoms with Gasteiger partial charge in [-0.2, -0.15) is 0 Å².